The quantitative estimate of drug-likeness (QED) is 0.771. The summed E-state index contributed by atoms with van der Waals surface area (Å²) in [6.45, 7) is 8.80. The summed E-state index contributed by atoms with van der Waals surface area (Å²) in [4.78, 5) is 10.7. The lowest BCUT2D eigenvalue weighted by atomic mass is 10.4. The van der Waals surface area contributed by atoms with Crippen molar-refractivity contribution in [2.45, 2.75) is 27.3 Å². The lowest BCUT2D eigenvalue weighted by Gasteiger charge is -2.18. The highest BCUT2D eigenvalue weighted by Crippen LogP contribution is 2.19. The zero-order valence-corrected chi connectivity index (χ0v) is 9.88. The van der Waals surface area contributed by atoms with E-state index >= 15 is 0 Å². The van der Waals surface area contributed by atoms with Crippen LogP contribution in [0.1, 0.15) is 20.8 Å². The topological polar surface area (TPSA) is 59.7 Å². The molecule has 2 aromatic heterocycles. The largest absolute Gasteiger partial charge is 0.355 e. The summed E-state index contributed by atoms with van der Waals surface area (Å²) in [5, 5.41) is 8.22. The molecule has 2 rings (SSSR count). The van der Waals surface area contributed by atoms with Crippen molar-refractivity contribution < 1.29 is 0 Å². The van der Waals surface area contributed by atoms with Gasteiger partial charge in [-0.3, -0.25) is 0 Å². The van der Waals surface area contributed by atoms with Crippen molar-refractivity contribution in [1.29, 1.82) is 0 Å². The molecule has 0 aliphatic rings. The summed E-state index contributed by atoms with van der Waals surface area (Å²) in [6.07, 6.45) is 1.57. The van der Waals surface area contributed by atoms with Gasteiger partial charge in [0.2, 0.25) is 0 Å². The number of hydrogen-bond donors (Lipinski definition) is 0. The summed E-state index contributed by atoms with van der Waals surface area (Å²) in [7, 11) is 0. The molecule has 2 aromatic rings. The average Bonchev–Trinajstić information content (AvgIpc) is 2.74. The standard InChI is InChI=1S/C10H16N6/c1-4-15(5-2)9-8-10(12-7-11-9)16(6-3)14-13-8/h7H,4-6H2,1-3H3. The zero-order chi connectivity index (χ0) is 11.5. The summed E-state index contributed by atoms with van der Waals surface area (Å²) in [5.74, 6) is 0.870. The van der Waals surface area contributed by atoms with E-state index in [1.807, 2.05) is 6.92 Å². The number of hydrogen-bond acceptors (Lipinski definition) is 5. The van der Waals surface area contributed by atoms with E-state index in [9.17, 15) is 0 Å². The molecule has 0 aliphatic heterocycles. The van der Waals surface area contributed by atoms with Crippen molar-refractivity contribution in [3.63, 3.8) is 0 Å². The minimum Gasteiger partial charge on any atom is -0.355 e. The van der Waals surface area contributed by atoms with Gasteiger partial charge in [0.25, 0.3) is 0 Å². The SMILES string of the molecule is CCN(CC)c1ncnc2c1nnn2CC. The molecular formula is C10H16N6. The Hall–Kier alpha value is -1.72. The van der Waals surface area contributed by atoms with Gasteiger partial charge in [-0.2, -0.15) is 0 Å². The molecular weight excluding hydrogens is 204 g/mol. The number of rotatable bonds is 4. The maximum absolute atomic E-state index is 4.30. The van der Waals surface area contributed by atoms with Crippen LogP contribution in [0.5, 0.6) is 0 Å². The van der Waals surface area contributed by atoms with Gasteiger partial charge in [-0.15, -0.1) is 5.10 Å². The fraction of sp³-hybridized carbons (Fsp3) is 0.600. The molecule has 0 aliphatic carbocycles. The Balaban J connectivity index is 2.57. The third-order valence-electron chi connectivity index (χ3n) is 2.64. The zero-order valence-electron chi connectivity index (χ0n) is 9.88. The van der Waals surface area contributed by atoms with E-state index in [0.29, 0.717) is 0 Å². The normalized spacial score (nSPS) is 10.9. The van der Waals surface area contributed by atoms with Crippen LogP contribution in [0.15, 0.2) is 6.33 Å². The second-order valence-electron chi connectivity index (χ2n) is 3.45. The predicted molar refractivity (Wildman–Crippen MR) is 62.4 cm³/mol. The number of aryl methyl sites for hydroxylation is 1. The number of anilines is 1. The van der Waals surface area contributed by atoms with E-state index in [1.165, 1.54) is 0 Å². The summed E-state index contributed by atoms with van der Waals surface area (Å²) in [6, 6.07) is 0. The lowest BCUT2D eigenvalue weighted by Crippen LogP contribution is -2.23. The molecule has 0 amide bonds. The van der Waals surface area contributed by atoms with E-state index in [4.69, 9.17) is 0 Å². The molecule has 0 atom stereocenters. The van der Waals surface area contributed by atoms with E-state index in [2.05, 4.69) is 39.0 Å². The van der Waals surface area contributed by atoms with Crippen LogP contribution in [-0.4, -0.2) is 38.1 Å². The van der Waals surface area contributed by atoms with Gasteiger partial charge in [-0.05, 0) is 20.8 Å². The highest BCUT2D eigenvalue weighted by atomic mass is 15.4. The van der Waals surface area contributed by atoms with Crippen LogP contribution in [0.3, 0.4) is 0 Å². The fourth-order valence-electron chi connectivity index (χ4n) is 1.75. The van der Waals surface area contributed by atoms with Crippen LogP contribution in [0.4, 0.5) is 5.82 Å². The molecule has 2 heterocycles. The first-order valence-corrected chi connectivity index (χ1v) is 5.60. The Morgan fingerprint density at radius 3 is 2.56 bits per heavy atom. The molecule has 0 fully saturated rings. The summed E-state index contributed by atoms with van der Waals surface area (Å²) in [5.41, 5.74) is 1.59. The number of fused-ring (bicyclic) bond motifs is 1. The molecule has 0 bridgehead atoms. The molecule has 16 heavy (non-hydrogen) atoms. The second kappa shape index (κ2) is 4.42. The first kappa shape index (κ1) is 10.8. The van der Waals surface area contributed by atoms with Gasteiger partial charge in [-0.1, -0.05) is 5.21 Å². The lowest BCUT2D eigenvalue weighted by molar-refractivity contribution is 0.641. The van der Waals surface area contributed by atoms with Crippen LogP contribution in [0.25, 0.3) is 11.2 Å². The van der Waals surface area contributed by atoms with E-state index in [1.54, 1.807) is 11.0 Å². The molecule has 0 aromatic carbocycles. The summed E-state index contributed by atoms with van der Waals surface area (Å²) >= 11 is 0. The predicted octanol–water partition coefficient (Wildman–Crippen LogP) is 1.09. The van der Waals surface area contributed by atoms with Gasteiger partial charge in [0.05, 0.1) is 0 Å². The second-order valence-corrected chi connectivity index (χ2v) is 3.45. The van der Waals surface area contributed by atoms with Gasteiger partial charge in [0.15, 0.2) is 17.0 Å². The number of nitrogens with zero attached hydrogens (tertiary/aromatic N) is 6. The maximum Gasteiger partial charge on any atom is 0.183 e. The van der Waals surface area contributed by atoms with Crippen molar-refractivity contribution >= 4 is 17.0 Å². The summed E-state index contributed by atoms with van der Waals surface area (Å²) < 4.78 is 1.78. The van der Waals surface area contributed by atoms with E-state index in [-0.39, 0.29) is 0 Å². The molecule has 0 saturated heterocycles. The maximum atomic E-state index is 4.30. The minimum atomic E-state index is 0.769. The first-order valence-electron chi connectivity index (χ1n) is 5.60. The van der Waals surface area contributed by atoms with Crippen molar-refractivity contribution in [3.05, 3.63) is 6.33 Å². The molecule has 0 N–H and O–H groups in total. The van der Waals surface area contributed by atoms with E-state index in [0.717, 1.165) is 36.6 Å². The Morgan fingerprint density at radius 2 is 1.94 bits per heavy atom. The Kier molecular flexibility index (Phi) is 2.98. The first-order chi connectivity index (χ1) is 7.81. The van der Waals surface area contributed by atoms with Crippen LogP contribution < -0.4 is 4.90 Å². The number of aromatic nitrogens is 5. The molecule has 0 unspecified atom stereocenters. The molecule has 0 radical (unpaired) electrons. The van der Waals surface area contributed by atoms with Gasteiger partial charge in [0.1, 0.15) is 6.33 Å². The minimum absolute atomic E-state index is 0.769. The van der Waals surface area contributed by atoms with Crippen LogP contribution in [-0.2, 0) is 6.54 Å². The van der Waals surface area contributed by atoms with Crippen molar-refractivity contribution in [3.8, 4) is 0 Å². The van der Waals surface area contributed by atoms with Gasteiger partial charge >= 0.3 is 0 Å². The highest BCUT2D eigenvalue weighted by molar-refractivity contribution is 5.82. The molecule has 6 nitrogen and oxygen atoms in total. The highest BCUT2D eigenvalue weighted by Gasteiger charge is 2.14. The Bertz CT molecular complexity index is 473. The average molecular weight is 220 g/mol. The molecule has 6 heteroatoms. The molecule has 0 spiro atoms. The Labute approximate surface area is 94.3 Å². The third kappa shape index (κ3) is 1.60. The third-order valence-corrected chi connectivity index (χ3v) is 2.64. The van der Waals surface area contributed by atoms with Crippen LogP contribution in [0, 0.1) is 0 Å². The van der Waals surface area contributed by atoms with E-state index < -0.39 is 0 Å². The van der Waals surface area contributed by atoms with Crippen molar-refractivity contribution in [2.24, 2.45) is 0 Å². The smallest absolute Gasteiger partial charge is 0.183 e. The molecule has 0 saturated carbocycles. The van der Waals surface area contributed by atoms with Gasteiger partial charge < -0.3 is 4.90 Å². The van der Waals surface area contributed by atoms with Crippen LogP contribution in [0.2, 0.25) is 0 Å². The van der Waals surface area contributed by atoms with Crippen molar-refractivity contribution in [1.82, 2.24) is 25.0 Å². The fourth-order valence-corrected chi connectivity index (χ4v) is 1.75. The monoisotopic (exact) mass is 220 g/mol. The van der Waals surface area contributed by atoms with Gasteiger partial charge in [-0.25, -0.2) is 14.6 Å². The molecule has 86 valence electrons. The van der Waals surface area contributed by atoms with Crippen molar-refractivity contribution in [2.75, 3.05) is 18.0 Å². The van der Waals surface area contributed by atoms with Crippen LogP contribution >= 0.6 is 0 Å². The van der Waals surface area contributed by atoms with Gasteiger partial charge in [0, 0.05) is 19.6 Å². The Morgan fingerprint density at radius 1 is 1.19 bits per heavy atom.